The summed E-state index contributed by atoms with van der Waals surface area (Å²) < 4.78 is 6.35. The van der Waals surface area contributed by atoms with E-state index in [2.05, 4.69) is 16.7 Å². The first-order valence-corrected chi connectivity index (χ1v) is 8.55. The highest BCUT2D eigenvalue weighted by atomic mass is 16.5. The van der Waals surface area contributed by atoms with Crippen LogP contribution in [-0.2, 0) is 4.79 Å². The molecule has 2 heterocycles. The van der Waals surface area contributed by atoms with Gasteiger partial charge in [-0.2, -0.15) is 0 Å². The number of para-hydroxylation sites is 1. The molecular formula is C18H24N2O2. The van der Waals surface area contributed by atoms with E-state index in [1.54, 1.807) is 0 Å². The number of amides is 1. The Morgan fingerprint density at radius 2 is 2.09 bits per heavy atom. The van der Waals surface area contributed by atoms with Gasteiger partial charge in [0, 0.05) is 18.5 Å². The summed E-state index contributed by atoms with van der Waals surface area (Å²) in [5.41, 5.74) is 1.08. The zero-order valence-electron chi connectivity index (χ0n) is 12.9. The van der Waals surface area contributed by atoms with Crippen LogP contribution in [-0.4, -0.2) is 24.6 Å². The number of carbonyl (C=O) groups excluding carboxylic acids is 1. The number of rotatable bonds is 2. The summed E-state index contributed by atoms with van der Waals surface area (Å²) in [6, 6.07) is 8.29. The molecule has 0 bridgehead atoms. The topological polar surface area (TPSA) is 50.4 Å². The van der Waals surface area contributed by atoms with E-state index in [4.69, 9.17) is 4.74 Å². The molecule has 22 heavy (non-hydrogen) atoms. The quantitative estimate of drug-likeness (QED) is 0.882. The Labute approximate surface area is 131 Å². The molecule has 4 heteroatoms. The highest BCUT2D eigenvalue weighted by Crippen LogP contribution is 2.47. The first-order valence-electron chi connectivity index (χ1n) is 8.55. The minimum atomic E-state index is -0.0553. The second kappa shape index (κ2) is 5.58. The van der Waals surface area contributed by atoms with Crippen molar-refractivity contribution in [3.8, 4) is 5.75 Å². The van der Waals surface area contributed by atoms with Crippen molar-refractivity contribution in [3.05, 3.63) is 29.8 Å². The minimum Gasteiger partial charge on any atom is -0.487 e. The Bertz CT molecular complexity index is 560. The van der Waals surface area contributed by atoms with Gasteiger partial charge in [-0.1, -0.05) is 18.2 Å². The molecule has 4 rings (SSSR count). The molecule has 118 valence electrons. The summed E-state index contributed by atoms with van der Waals surface area (Å²) in [7, 11) is 0. The maximum absolute atomic E-state index is 12.5. The van der Waals surface area contributed by atoms with Gasteiger partial charge >= 0.3 is 0 Å². The average Bonchev–Trinajstić information content (AvgIpc) is 3.19. The van der Waals surface area contributed by atoms with Crippen molar-refractivity contribution in [2.45, 2.75) is 50.2 Å². The van der Waals surface area contributed by atoms with Crippen molar-refractivity contribution in [1.29, 1.82) is 0 Å². The number of nitrogens with one attached hydrogen (secondary N) is 2. The van der Waals surface area contributed by atoms with E-state index in [9.17, 15) is 4.79 Å². The molecule has 4 nitrogen and oxygen atoms in total. The number of hydrogen-bond acceptors (Lipinski definition) is 3. The molecule has 1 aromatic carbocycles. The molecule has 1 amide bonds. The number of ether oxygens (including phenoxy) is 1. The second-order valence-corrected chi connectivity index (χ2v) is 6.99. The van der Waals surface area contributed by atoms with Crippen molar-refractivity contribution in [1.82, 2.24) is 10.6 Å². The third-order valence-corrected chi connectivity index (χ3v) is 5.46. The Morgan fingerprint density at radius 1 is 1.27 bits per heavy atom. The van der Waals surface area contributed by atoms with Crippen LogP contribution in [0.1, 0.15) is 50.1 Å². The molecule has 2 unspecified atom stereocenters. The molecule has 0 radical (unpaired) electrons. The van der Waals surface area contributed by atoms with Crippen LogP contribution < -0.4 is 15.4 Å². The lowest BCUT2D eigenvalue weighted by atomic mass is 9.85. The van der Waals surface area contributed by atoms with Crippen LogP contribution in [0.3, 0.4) is 0 Å². The molecule has 1 spiro atoms. The fraction of sp³-hybridized carbons (Fsp3) is 0.611. The van der Waals surface area contributed by atoms with Crippen LogP contribution in [0, 0.1) is 5.92 Å². The van der Waals surface area contributed by atoms with E-state index < -0.39 is 0 Å². The van der Waals surface area contributed by atoms with Gasteiger partial charge in [-0.3, -0.25) is 4.79 Å². The van der Waals surface area contributed by atoms with Gasteiger partial charge in [0.25, 0.3) is 0 Å². The Kier molecular flexibility index (Phi) is 3.57. The van der Waals surface area contributed by atoms with Crippen molar-refractivity contribution >= 4 is 5.91 Å². The van der Waals surface area contributed by atoms with E-state index >= 15 is 0 Å². The summed E-state index contributed by atoms with van der Waals surface area (Å²) in [5.74, 6) is 1.28. The molecule has 2 aliphatic heterocycles. The van der Waals surface area contributed by atoms with Gasteiger partial charge in [-0.05, 0) is 44.7 Å². The molecule has 1 aliphatic carbocycles. The minimum absolute atomic E-state index is 0.0553. The summed E-state index contributed by atoms with van der Waals surface area (Å²) in [6.45, 7) is 1.76. The normalized spacial score (nSPS) is 29.1. The summed E-state index contributed by atoms with van der Waals surface area (Å²) >= 11 is 0. The van der Waals surface area contributed by atoms with Gasteiger partial charge in [0.2, 0.25) is 5.91 Å². The van der Waals surface area contributed by atoms with Crippen LogP contribution in [0.25, 0.3) is 0 Å². The third kappa shape index (κ3) is 2.50. The standard InChI is InChI=1S/C18H24N2O2/c21-17(13-7-10-19-12-13)20-15-11-18(8-3-4-9-18)22-16-6-2-1-5-14(15)16/h1-2,5-6,13,15,19H,3-4,7-12H2,(H,20,21). The van der Waals surface area contributed by atoms with Crippen LogP contribution >= 0.6 is 0 Å². The van der Waals surface area contributed by atoms with Gasteiger partial charge < -0.3 is 15.4 Å². The van der Waals surface area contributed by atoms with Gasteiger partial charge in [0.1, 0.15) is 11.4 Å². The van der Waals surface area contributed by atoms with Crippen LogP contribution in [0.4, 0.5) is 0 Å². The molecule has 1 aromatic rings. The van der Waals surface area contributed by atoms with Crippen molar-refractivity contribution < 1.29 is 9.53 Å². The van der Waals surface area contributed by atoms with Crippen molar-refractivity contribution in [2.75, 3.05) is 13.1 Å². The van der Waals surface area contributed by atoms with Gasteiger partial charge in [-0.15, -0.1) is 0 Å². The molecule has 0 aromatic heterocycles. The summed E-state index contributed by atoms with van der Waals surface area (Å²) in [5, 5.41) is 6.58. The van der Waals surface area contributed by atoms with Crippen LogP contribution in [0.15, 0.2) is 24.3 Å². The average molecular weight is 300 g/mol. The van der Waals surface area contributed by atoms with E-state index in [0.717, 1.165) is 50.1 Å². The predicted molar refractivity (Wildman–Crippen MR) is 84.7 cm³/mol. The molecule has 2 fully saturated rings. The fourth-order valence-electron chi connectivity index (χ4n) is 4.24. The molecule has 1 saturated carbocycles. The first-order chi connectivity index (χ1) is 10.8. The predicted octanol–water partition coefficient (Wildman–Crippen LogP) is 2.55. The highest BCUT2D eigenvalue weighted by Gasteiger charge is 2.43. The molecule has 2 atom stereocenters. The Balaban J connectivity index is 1.58. The smallest absolute Gasteiger partial charge is 0.224 e. The van der Waals surface area contributed by atoms with Gasteiger partial charge in [-0.25, -0.2) is 0 Å². The maximum atomic E-state index is 12.5. The Morgan fingerprint density at radius 3 is 2.86 bits per heavy atom. The SMILES string of the molecule is O=C(NC1CC2(CCCC2)Oc2ccccc21)C1CCNC1. The first kappa shape index (κ1) is 14.1. The molecule has 1 saturated heterocycles. The summed E-state index contributed by atoms with van der Waals surface area (Å²) in [6.07, 6.45) is 6.54. The number of benzene rings is 1. The maximum Gasteiger partial charge on any atom is 0.224 e. The largest absolute Gasteiger partial charge is 0.487 e. The van der Waals surface area contributed by atoms with Gasteiger partial charge in [0.05, 0.1) is 12.0 Å². The lowest BCUT2D eigenvalue weighted by Gasteiger charge is -2.40. The zero-order valence-corrected chi connectivity index (χ0v) is 12.9. The molecule has 3 aliphatic rings. The van der Waals surface area contributed by atoms with Crippen molar-refractivity contribution in [3.63, 3.8) is 0 Å². The molecule has 2 N–H and O–H groups in total. The van der Waals surface area contributed by atoms with E-state index in [0.29, 0.717) is 0 Å². The van der Waals surface area contributed by atoms with E-state index in [1.807, 2.05) is 18.2 Å². The monoisotopic (exact) mass is 300 g/mol. The lowest BCUT2D eigenvalue weighted by molar-refractivity contribution is -0.125. The van der Waals surface area contributed by atoms with Crippen LogP contribution in [0.2, 0.25) is 0 Å². The van der Waals surface area contributed by atoms with Gasteiger partial charge in [0.15, 0.2) is 0 Å². The fourth-order valence-corrected chi connectivity index (χ4v) is 4.24. The molecular weight excluding hydrogens is 276 g/mol. The number of hydrogen-bond donors (Lipinski definition) is 2. The second-order valence-electron chi connectivity index (χ2n) is 6.99. The Hall–Kier alpha value is -1.55. The number of fused-ring (bicyclic) bond motifs is 1. The van der Waals surface area contributed by atoms with E-state index in [1.165, 1.54) is 12.8 Å². The van der Waals surface area contributed by atoms with Crippen LogP contribution in [0.5, 0.6) is 5.75 Å². The summed E-state index contributed by atoms with van der Waals surface area (Å²) in [4.78, 5) is 12.5. The number of carbonyl (C=O) groups is 1. The lowest BCUT2D eigenvalue weighted by Crippen LogP contribution is -2.45. The van der Waals surface area contributed by atoms with E-state index in [-0.39, 0.29) is 23.5 Å². The third-order valence-electron chi connectivity index (χ3n) is 5.46. The zero-order chi connectivity index (χ0) is 15.0. The van der Waals surface area contributed by atoms with Crippen molar-refractivity contribution in [2.24, 2.45) is 5.92 Å². The highest BCUT2D eigenvalue weighted by molar-refractivity contribution is 5.79.